The Morgan fingerprint density at radius 2 is 2.05 bits per heavy atom. The van der Waals surface area contributed by atoms with Gasteiger partial charge in [-0.3, -0.25) is 4.79 Å². The topological polar surface area (TPSA) is 32.3 Å². The van der Waals surface area contributed by atoms with Crippen LogP contribution in [0.5, 0.6) is 0 Å². The number of aryl methyl sites for hydroxylation is 1. The summed E-state index contributed by atoms with van der Waals surface area (Å²) in [5.41, 5.74) is 2.00. The third kappa shape index (κ3) is 4.22. The van der Waals surface area contributed by atoms with Crippen molar-refractivity contribution in [2.24, 2.45) is 5.92 Å². The maximum Gasteiger partial charge on any atom is 0.253 e. The number of piperidine rings is 1. The first-order valence-electron chi connectivity index (χ1n) is 6.71. The van der Waals surface area contributed by atoms with Crippen molar-refractivity contribution in [1.82, 2.24) is 10.2 Å². The average molecular weight is 283 g/mol. The molecule has 1 atom stereocenters. The van der Waals surface area contributed by atoms with Gasteiger partial charge in [-0.05, 0) is 51.4 Å². The van der Waals surface area contributed by atoms with Gasteiger partial charge in [0.25, 0.3) is 5.91 Å². The Kier molecular flexibility index (Phi) is 6.32. The molecule has 0 aliphatic carbocycles. The van der Waals surface area contributed by atoms with E-state index in [-0.39, 0.29) is 18.3 Å². The van der Waals surface area contributed by atoms with Gasteiger partial charge in [-0.25, -0.2) is 0 Å². The maximum absolute atomic E-state index is 12.4. The van der Waals surface area contributed by atoms with Crippen LogP contribution >= 0.6 is 12.4 Å². The van der Waals surface area contributed by atoms with Crippen LogP contribution in [0.25, 0.3) is 0 Å². The molecule has 0 radical (unpaired) electrons. The highest BCUT2D eigenvalue weighted by Gasteiger charge is 2.23. The van der Waals surface area contributed by atoms with Gasteiger partial charge in [0.05, 0.1) is 0 Å². The molecule has 1 aromatic carbocycles. The minimum Gasteiger partial charge on any atom is -0.338 e. The van der Waals surface area contributed by atoms with Crippen LogP contribution in [0.2, 0.25) is 0 Å². The Balaban J connectivity index is 0.00000180. The second-order valence-electron chi connectivity index (χ2n) is 5.18. The highest BCUT2D eigenvalue weighted by atomic mass is 35.5. The van der Waals surface area contributed by atoms with E-state index in [9.17, 15) is 4.79 Å². The Morgan fingerprint density at radius 3 is 2.68 bits per heavy atom. The van der Waals surface area contributed by atoms with Crippen molar-refractivity contribution >= 4 is 18.3 Å². The number of carbonyl (C=O) groups is 1. The van der Waals surface area contributed by atoms with Crippen molar-refractivity contribution in [3.8, 4) is 0 Å². The normalized spacial score (nSPS) is 18.8. The Bertz CT molecular complexity index is 403. The summed E-state index contributed by atoms with van der Waals surface area (Å²) in [4.78, 5) is 14.4. The molecule has 106 valence electrons. The van der Waals surface area contributed by atoms with Crippen LogP contribution in [-0.4, -0.2) is 37.5 Å². The van der Waals surface area contributed by atoms with Gasteiger partial charge in [-0.15, -0.1) is 12.4 Å². The molecule has 4 heteroatoms. The third-order valence-electron chi connectivity index (χ3n) is 3.60. The Labute approximate surface area is 121 Å². The molecule has 19 heavy (non-hydrogen) atoms. The summed E-state index contributed by atoms with van der Waals surface area (Å²) in [6.45, 7) is 4.82. The lowest BCUT2D eigenvalue weighted by atomic mass is 9.97. The zero-order valence-electron chi connectivity index (χ0n) is 11.7. The quantitative estimate of drug-likeness (QED) is 0.924. The molecule has 0 saturated carbocycles. The van der Waals surface area contributed by atoms with E-state index in [1.54, 1.807) is 0 Å². The summed E-state index contributed by atoms with van der Waals surface area (Å²) >= 11 is 0. The number of amides is 1. The van der Waals surface area contributed by atoms with E-state index >= 15 is 0 Å². The molecule has 1 N–H and O–H groups in total. The van der Waals surface area contributed by atoms with E-state index < -0.39 is 0 Å². The summed E-state index contributed by atoms with van der Waals surface area (Å²) in [5, 5.41) is 3.21. The van der Waals surface area contributed by atoms with Crippen molar-refractivity contribution in [1.29, 1.82) is 0 Å². The predicted octanol–water partition coefficient (Wildman–Crippen LogP) is 2.49. The van der Waals surface area contributed by atoms with Gasteiger partial charge in [0.15, 0.2) is 0 Å². The first-order chi connectivity index (χ1) is 8.70. The Hall–Kier alpha value is -1.06. The second-order valence-corrected chi connectivity index (χ2v) is 5.18. The first-order valence-corrected chi connectivity index (χ1v) is 6.71. The van der Waals surface area contributed by atoms with Crippen molar-refractivity contribution < 1.29 is 4.79 Å². The maximum atomic E-state index is 12.4. The van der Waals surface area contributed by atoms with E-state index in [0.29, 0.717) is 5.92 Å². The number of carbonyl (C=O) groups excluding carboxylic acids is 1. The molecule has 1 aromatic rings. The number of hydrogen-bond acceptors (Lipinski definition) is 2. The van der Waals surface area contributed by atoms with Crippen molar-refractivity contribution in [2.75, 3.05) is 26.7 Å². The fourth-order valence-corrected chi connectivity index (χ4v) is 2.58. The molecule has 1 unspecified atom stereocenters. The van der Waals surface area contributed by atoms with E-state index in [2.05, 4.69) is 5.32 Å². The van der Waals surface area contributed by atoms with Crippen molar-refractivity contribution in [2.45, 2.75) is 19.8 Å². The lowest BCUT2D eigenvalue weighted by Gasteiger charge is -2.32. The molecule has 0 spiro atoms. The number of hydrogen-bond donors (Lipinski definition) is 1. The first kappa shape index (κ1) is 16.0. The molecule has 2 rings (SSSR count). The van der Waals surface area contributed by atoms with E-state index in [1.807, 2.05) is 43.1 Å². The minimum absolute atomic E-state index is 0. The molecule has 0 aromatic heterocycles. The summed E-state index contributed by atoms with van der Waals surface area (Å²) in [7, 11) is 1.97. The number of likely N-dealkylation sites (tertiary alicyclic amines) is 1. The second kappa shape index (κ2) is 7.51. The number of nitrogens with zero attached hydrogens (tertiary/aromatic N) is 1. The minimum atomic E-state index is 0. The van der Waals surface area contributed by atoms with E-state index in [1.165, 1.54) is 12.0 Å². The molecular formula is C15H23ClN2O. The summed E-state index contributed by atoms with van der Waals surface area (Å²) in [6, 6.07) is 7.86. The molecule has 1 aliphatic heterocycles. The standard InChI is InChI=1S/C15H22N2O.ClH/c1-12-5-7-14(8-6-12)15(18)17-9-3-4-13(11-17)10-16-2;/h5-8,13,16H,3-4,9-11H2,1-2H3;1H. The largest absolute Gasteiger partial charge is 0.338 e. The lowest BCUT2D eigenvalue weighted by molar-refractivity contribution is 0.0674. The van der Waals surface area contributed by atoms with Crippen molar-refractivity contribution in [3.05, 3.63) is 35.4 Å². The Morgan fingerprint density at radius 1 is 1.37 bits per heavy atom. The molecule has 0 bridgehead atoms. The number of nitrogens with one attached hydrogen (secondary N) is 1. The zero-order chi connectivity index (χ0) is 13.0. The fourth-order valence-electron chi connectivity index (χ4n) is 2.58. The fraction of sp³-hybridized carbons (Fsp3) is 0.533. The van der Waals surface area contributed by atoms with Gasteiger partial charge in [0.2, 0.25) is 0 Å². The highest BCUT2D eigenvalue weighted by molar-refractivity contribution is 5.94. The monoisotopic (exact) mass is 282 g/mol. The van der Waals surface area contributed by atoms with Gasteiger partial charge in [-0.2, -0.15) is 0 Å². The average Bonchev–Trinajstić information content (AvgIpc) is 2.39. The predicted molar refractivity (Wildman–Crippen MR) is 81.0 cm³/mol. The number of halogens is 1. The lowest BCUT2D eigenvalue weighted by Crippen LogP contribution is -2.42. The highest BCUT2D eigenvalue weighted by Crippen LogP contribution is 2.18. The van der Waals surface area contributed by atoms with E-state index in [0.717, 1.165) is 31.6 Å². The summed E-state index contributed by atoms with van der Waals surface area (Å²) in [5.74, 6) is 0.772. The molecular weight excluding hydrogens is 260 g/mol. The van der Waals surface area contributed by atoms with Crippen LogP contribution in [0.3, 0.4) is 0 Å². The number of benzene rings is 1. The zero-order valence-corrected chi connectivity index (χ0v) is 12.5. The molecule has 1 fully saturated rings. The molecule has 1 amide bonds. The van der Waals surface area contributed by atoms with Gasteiger partial charge in [0.1, 0.15) is 0 Å². The third-order valence-corrected chi connectivity index (χ3v) is 3.60. The molecule has 3 nitrogen and oxygen atoms in total. The van der Waals surface area contributed by atoms with Crippen molar-refractivity contribution in [3.63, 3.8) is 0 Å². The SMILES string of the molecule is CNCC1CCCN(C(=O)c2ccc(C)cc2)C1.Cl. The van der Waals surface area contributed by atoms with Gasteiger partial charge in [0, 0.05) is 18.7 Å². The van der Waals surface area contributed by atoms with Gasteiger partial charge >= 0.3 is 0 Å². The van der Waals surface area contributed by atoms with Gasteiger partial charge in [-0.1, -0.05) is 17.7 Å². The number of rotatable bonds is 3. The van der Waals surface area contributed by atoms with Crippen LogP contribution in [-0.2, 0) is 0 Å². The van der Waals surface area contributed by atoms with Crippen LogP contribution in [0, 0.1) is 12.8 Å². The molecule has 1 saturated heterocycles. The van der Waals surface area contributed by atoms with Gasteiger partial charge < -0.3 is 10.2 Å². The molecule has 1 heterocycles. The summed E-state index contributed by atoms with van der Waals surface area (Å²) < 4.78 is 0. The summed E-state index contributed by atoms with van der Waals surface area (Å²) in [6.07, 6.45) is 2.34. The van der Waals surface area contributed by atoms with Crippen LogP contribution in [0.15, 0.2) is 24.3 Å². The van der Waals surface area contributed by atoms with Crippen LogP contribution in [0.4, 0.5) is 0 Å². The van der Waals surface area contributed by atoms with Crippen LogP contribution < -0.4 is 5.32 Å². The smallest absolute Gasteiger partial charge is 0.253 e. The molecule has 1 aliphatic rings. The van der Waals surface area contributed by atoms with E-state index in [4.69, 9.17) is 0 Å². The van der Waals surface area contributed by atoms with Crippen LogP contribution in [0.1, 0.15) is 28.8 Å².